The van der Waals surface area contributed by atoms with E-state index in [9.17, 15) is 9.35 Å². The van der Waals surface area contributed by atoms with Crippen molar-refractivity contribution in [1.82, 2.24) is 0 Å². The maximum Gasteiger partial charge on any atom is 0.404 e. The van der Waals surface area contributed by atoms with Gasteiger partial charge < -0.3 is 15.0 Å². The highest BCUT2D eigenvalue weighted by Crippen LogP contribution is 2.33. The second kappa shape index (κ2) is 5.93. The number of nitrogens with two attached hydrogens (primary N) is 1. The van der Waals surface area contributed by atoms with Crippen LogP contribution in [0.2, 0.25) is 0 Å². The number of primary amides is 1. The Labute approximate surface area is 111 Å². The molecule has 6 heteroatoms. The molecule has 1 atom stereocenters. The summed E-state index contributed by atoms with van der Waals surface area (Å²) in [5.41, 5.74) is 5.83. The zero-order valence-electron chi connectivity index (χ0n) is 11.4. The third-order valence-corrected chi connectivity index (χ3v) is 4.35. The summed E-state index contributed by atoms with van der Waals surface area (Å²) in [7, 11) is 0. The fraction of sp³-hybridized carbons (Fsp3) is 0.833. The van der Waals surface area contributed by atoms with E-state index >= 15 is 0 Å². The minimum Gasteiger partial charge on any atom is -0.591 e. The molecular weight excluding hydrogens is 252 g/mol. The molecule has 0 heterocycles. The molecule has 1 unspecified atom stereocenters. The average Bonchev–Trinajstić information content (AvgIpc) is 2.11. The number of nitrogens with zero attached hydrogens (tertiary/aromatic N) is 1. The van der Waals surface area contributed by atoms with Gasteiger partial charge in [0.15, 0.2) is 0 Å². The van der Waals surface area contributed by atoms with Crippen LogP contribution in [-0.2, 0) is 16.1 Å². The summed E-state index contributed by atoms with van der Waals surface area (Å²) in [6.45, 7) is 7.60. The van der Waals surface area contributed by atoms with Crippen LogP contribution in [0.1, 0.15) is 47.0 Å². The highest BCUT2D eigenvalue weighted by atomic mass is 32.2. The van der Waals surface area contributed by atoms with Crippen molar-refractivity contribution in [1.29, 1.82) is 0 Å². The largest absolute Gasteiger partial charge is 0.591 e. The molecule has 1 fully saturated rings. The standard InChI is InChI=1S/C12H22N2O3S/c1-8(14-18(16)12(2,3)4)5-9-6-10(7-9)17-11(13)15/h9-10H,5-7H2,1-4H3,(H2,13,15). The Balaban J connectivity index is 2.33. The number of hydrogen-bond acceptors (Lipinski definition) is 4. The predicted octanol–water partition coefficient (Wildman–Crippen LogP) is 2.17. The van der Waals surface area contributed by atoms with Crippen molar-refractivity contribution < 1.29 is 14.1 Å². The van der Waals surface area contributed by atoms with Crippen molar-refractivity contribution in [2.45, 2.75) is 57.8 Å². The lowest BCUT2D eigenvalue weighted by atomic mass is 9.79. The van der Waals surface area contributed by atoms with E-state index in [1.807, 2.05) is 27.7 Å². The fourth-order valence-electron chi connectivity index (χ4n) is 1.84. The molecular formula is C12H22N2O3S. The zero-order chi connectivity index (χ0) is 13.9. The summed E-state index contributed by atoms with van der Waals surface area (Å²) in [5.74, 6) is 0.454. The second-order valence-corrected chi connectivity index (χ2v) is 7.69. The van der Waals surface area contributed by atoms with Gasteiger partial charge in [0.1, 0.15) is 22.2 Å². The molecule has 1 saturated carbocycles. The smallest absolute Gasteiger partial charge is 0.404 e. The molecule has 104 valence electrons. The minimum absolute atomic E-state index is 0.0478. The summed E-state index contributed by atoms with van der Waals surface area (Å²) in [6, 6.07) is 0. The highest BCUT2D eigenvalue weighted by Gasteiger charge is 2.33. The summed E-state index contributed by atoms with van der Waals surface area (Å²) in [6.07, 6.45) is 1.68. The fourth-order valence-corrected chi connectivity index (χ4v) is 2.47. The summed E-state index contributed by atoms with van der Waals surface area (Å²) >= 11 is -1.20. The number of carbonyl (C=O) groups excluding carboxylic acids is 1. The third-order valence-electron chi connectivity index (χ3n) is 2.82. The lowest BCUT2D eigenvalue weighted by Crippen LogP contribution is -2.36. The molecule has 5 nitrogen and oxygen atoms in total. The molecule has 0 aromatic rings. The van der Waals surface area contributed by atoms with E-state index in [2.05, 4.69) is 4.40 Å². The van der Waals surface area contributed by atoms with Gasteiger partial charge in [0.05, 0.1) is 5.71 Å². The molecule has 0 aliphatic heterocycles. The van der Waals surface area contributed by atoms with Gasteiger partial charge in [0, 0.05) is 0 Å². The molecule has 1 aliphatic rings. The predicted molar refractivity (Wildman–Crippen MR) is 72.8 cm³/mol. The van der Waals surface area contributed by atoms with E-state index in [4.69, 9.17) is 10.5 Å². The first-order chi connectivity index (χ1) is 8.18. The maximum atomic E-state index is 11.8. The van der Waals surface area contributed by atoms with Gasteiger partial charge in [-0.1, -0.05) is 4.40 Å². The molecule has 18 heavy (non-hydrogen) atoms. The van der Waals surface area contributed by atoms with E-state index in [0.29, 0.717) is 5.92 Å². The Morgan fingerprint density at radius 3 is 2.50 bits per heavy atom. The van der Waals surface area contributed by atoms with Crippen molar-refractivity contribution in [2.75, 3.05) is 0 Å². The molecule has 0 bridgehead atoms. The Hall–Kier alpha value is -0.750. The van der Waals surface area contributed by atoms with Crippen LogP contribution in [0.25, 0.3) is 0 Å². The first kappa shape index (κ1) is 15.3. The normalized spacial score (nSPS) is 26.4. The minimum atomic E-state index is -1.20. The molecule has 0 spiro atoms. The molecule has 0 aromatic carbocycles. The van der Waals surface area contributed by atoms with Crippen LogP contribution < -0.4 is 5.73 Å². The van der Waals surface area contributed by atoms with E-state index in [1.54, 1.807) is 0 Å². The molecule has 1 aliphatic carbocycles. The number of ether oxygens (including phenoxy) is 1. The first-order valence-corrected chi connectivity index (χ1v) is 7.21. The van der Waals surface area contributed by atoms with Gasteiger partial charge in [-0.25, -0.2) is 4.79 Å². The van der Waals surface area contributed by atoms with Gasteiger partial charge in [-0.05, 0) is 52.9 Å². The van der Waals surface area contributed by atoms with Crippen LogP contribution in [0, 0.1) is 5.92 Å². The lowest BCUT2D eigenvalue weighted by Gasteiger charge is -2.34. The monoisotopic (exact) mass is 274 g/mol. The van der Waals surface area contributed by atoms with Crippen molar-refractivity contribution >= 4 is 23.2 Å². The second-order valence-electron chi connectivity index (χ2n) is 5.79. The quantitative estimate of drug-likeness (QED) is 0.629. The van der Waals surface area contributed by atoms with E-state index in [0.717, 1.165) is 25.0 Å². The summed E-state index contributed by atoms with van der Waals surface area (Å²) in [5, 5.41) is 0. The topological polar surface area (TPSA) is 87.7 Å². The van der Waals surface area contributed by atoms with Gasteiger partial charge >= 0.3 is 6.09 Å². The zero-order valence-corrected chi connectivity index (χ0v) is 12.3. The van der Waals surface area contributed by atoms with E-state index in [-0.39, 0.29) is 10.9 Å². The van der Waals surface area contributed by atoms with Crippen LogP contribution in [0.15, 0.2) is 4.40 Å². The summed E-state index contributed by atoms with van der Waals surface area (Å²) in [4.78, 5) is 10.5. The van der Waals surface area contributed by atoms with Crippen LogP contribution in [0.3, 0.4) is 0 Å². The molecule has 0 radical (unpaired) electrons. The van der Waals surface area contributed by atoms with Crippen LogP contribution in [-0.4, -0.2) is 27.2 Å². The highest BCUT2D eigenvalue weighted by molar-refractivity contribution is 7.91. The van der Waals surface area contributed by atoms with E-state index < -0.39 is 17.5 Å². The first-order valence-electron chi connectivity index (χ1n) is 6.10. The van der Waals surface area contributed by atoms with Crippen LogP contribution in [0.4, 0.5) is 4.79 Å². The SMILES string of the molecule is CC(CC1CC(OC(N)=O)C1)=N[S+]([O-])C(C)(C)C. The maximum absolute atomic E-state index is 11.8. The molecule has 2 N–H and O–H groups in total. The number of hydrogen-bond donors (Lipinski definition) is 1. The van der Waals surface area contributed by atoms with Gasteiger partial charge in [-0.15, -0.1) is 0 Å². The van der Waals surface area contributed by atoms with Gasteiger partial charge in [-0.2, -0.15) is 0 Å². The van der Waals surface area contributed by atoms with Crippen LogP contribution in [0.5, 0.6) is 0 Å². The van der Waals surface area contributed by atoms with Gasteiger partial charge in [0.2, 0.25) is 0 Å². The van der Waals surface area contributed by atoms with Crippen molar-refractivity contribution in [3.05, 3.63) is 0 Å². The van der Waals surface area contributed by atoms with Gasteiger partial charge in [0.25, 0.3) is 0 Å². The summed E-state index contributed by atoms with van der Waals surface area (Å²) < 4.78 is 20.6. The Bertz CT molecular complexity index is 333. The number of carbonyl (C=O) groups is 1. The Morgan fingerprint density at radius 2 is 2.06 bits per heavy atom. The molecule has 1 amide bonds. The van der Waals surface area contributed by atoms with Crippen molar-refractivity contribution in [3.8, 4) is 0 Å². The lowest BCUT2D eigenvalue weighted by molar-refractivity contribution is 0.0248. The Morgan fingerprint density at radius 1 is 1.50 bits per heavy atom. The molecule has 0 saturated heterocycles. The van der Waals surface area contributed by atoms with Crippen molar-refractivity contribution in [2.24, 2.45) is 16.0 Å². The molecule has 0 aromatic heterocycles. The number of rotatable bonds is 4. The Kier molecular flexibility index (Phi) is 5.04. The van der Waals surface area contributed by atoms with Crippen LogP contribution >= 0.6 is 0 Å². The number of amides is 1. The average molecular weight is 274 g/mol. The third kappa shape index (κ3) is 4.86. The van der Waals surface area contributed by atoms with E-state index in [1.165, 1.54) is 0 Å². The van der Waals surface area contributed by atoms with Crippen molar-refractivity contribution in [3.63, 3.8) is 0 Å². The molecule has 1 rings (SSSR count). The van der Waals surface area contributed by atoms with Gasteiger partial charge in [-0.3, -0.25) is 0 Å².